The molecule has 0 fully saturated rings. The van der Waals surface area contributed by atoms with Crippen molar-refractivity contribution in [3.05, 3.63) is 70.3 Å². The van der Waals surface area contributed by atoms with Crippen LogP contribution < -0.4 is 15.8 Å². The van der Waals surface area contributed by atoms with E-state index in [1.807, 2.05) is 18.2 Å². The number of rotatable bonds is 8. The molecule has 0 saturated carbocycles. The minimum Gasteiger partial charge on any atom is -0.461 e. The zero-order valence-corrected chi connectivity index (χ0v) is 20.3. The average molecular weight is 476 g/mol. The fraction of sp³-hybridized carbons (Fsp3) is 0.348. The van der Waals surface area contributed by atoms with Gasteiger partial charge < -0.3 is 19.6 Å². The number of hydrogen-bond acceptors (Lipinski definition) is 7. The van der Waals surface area contributed by atoms with Crippen molar-refractivity contribution >= 4 is 41.5 Å². The average Bonchev–Trinajstić information content (AvgIpc) is 2.74. The summed E-state index contributed by atoms with van der Waals surface area (Å²) in [6.45, 7) is 9.03. The van der Waals surface area contributed by atoms with Gasteiger partial charge in [-0.2, -0.15) is 0 Å². The Balaban J connectivity index is 1.95. The third-order valence-electron chi connectivity index (χ3n) is 4.71. The minimum atomic E-state index is -0.490. The first kappa shape index (κ1) is 25.6. The van der Waals surface area contributed by atoms with Gasteiger partial charge in [0, 0.05) is 20.0 Å². The number of thiocarbonyl (C=S) groups is 1. The Hall–Kier alpha value is -2.62. The lowest BCUT2D eigenvalue weighted by atomic mass is 9.85. The van der Waals surface area contributed by atoms with Crippen molar-refractivity contribution in [2.45, 2.75) is 52.8 Å². The molecule has 0 unspecified atom stereocenters. The number of nitrogens with two attached hydrogens (primary N) is 1. The van der Waals surface area contributed by atoms with Gasteiger partial charge in [-0.05, 0) is 52.0 Å². The first-order valence-electron chi connectivity index (χ1n) is 10.0. The van der Waals surface area contributed by atoms with E-state index in [0.29, 0.717) is 36.0 Å². The molecule has 0 heterocycles. The molecule has 2 aromatic carbocycles. The van der Waals surface area contributed by atoms with Crippen LogP contribution in [-0.4, -0.2) is 17.1 Å². The number of hydrogen-bond donors (Lipinski definition) is 3. The predicted molar refractivity (Wildman–Crippen MR) is 131 cm³/mol. The van der Waals surface area contributed by atoms with Crippen LogP contribution in [0.2, 0.25) is 0 Å². The molecular weight excluding hydrogens is 446 g/mol. The summed E-state index contributed by atoms with van der Waals surface area (Å²) in [7, 11) is 0. The first-order chi connectivity index (χ1) is 15.1. The maximum absolute atomic E-state index is 11.6. The van der Waals surface area contributed by atoms with Crippen molar-refractivity contribution in [3.63, 3.8) is 0 Å². The van der Waals surface area contributed by atoms with Gasteiger partial charge in [0.05, 0.1) is 5.56 Å². The van der Waals surface area contributed by atoms with E-state index < -0.39 is 5.97 Å². The first-order valence-corrected chi connectivity index (χ1v) is 11.3. The highest BCUT2D eigenvalue weighted by Gasteiger charge is 2.16. The SMILES string of the molecule is CC(=O)OCc1cc(C(C)(C)C)ccc1CNC(=S)NCc1ccc(C(=O)OSN)cc1. The smallest absolute Gasteiger partial charge is 0.351 e. The third kappa shape index (κ3) is 8.14. The largest absolute Gasteiger partial charge is 0.461 e. The summed E-state index contributed by atoms with van der Waals surface area (Å²) in [4.78, 5) is 22.9. The molecule has 32 heavy (non-hydrogen) atoms. The Morgan fingerprint density at radius 2 is 1.69 bits per heavy atom. The van der Waals surface area contributed by atoms with Crippen LogP contribution in [-0.2, 0) is 38.8 Å². The zero-order chi connectivity index (χ0) is 23.7. The molecule has 0 aliphatic rings. The lowest BCUT2D eigenvalue weighted by Crippen LogP contribution is -2.34. The van der Waals surface area contributed by atoms with Crippen LogP contribution in [0.15, 0.2) is 42.5 Å². The highest BCUT2D eigenvalue weighted by molar-refractivity contribution is 7.92. The number of carbonyl (C=O) groups excluding carboxylic acids is 2. The highest BCUT2D eigenvalue weighted by Crippen LogP contribution is 2.25. The van der Waals surface area contributed by atoms with Gasteiger partial charge in [0.1, 0.15) is 18.8 Å². The molecule has 0 spiro atoms. The number of benzene rings is 2. The number of carbonyl (C=O) groups is 2. The molecule has 0 amide bonds. The maximum Gasteiger partial charge on any atom is 0.351 e. The predicted octanol–water partition coefficient (Wildman–Crippen LogP) is 3.89. The van der Waals surface area contributed by atoms with Crippen molar-refractivity contribution < 1.29 is 18.5 Å². The van der Waals surface area contributed by atoms with Crippen molar-refractivity contribution in [1.29, 1.82) is 0 Å². The summed E-state index contributed by atoms with van der Waals surface area (Å²) in [5.41, 5.74) is 4.48. The molecule has 0 aromatic heterocycles. The van der Waals surface area contributed by atoms with Crippen molar-refractivity contribution in [2.24, 2.45) is 5.14 Å². The Kier molecular flexibility index (Phi) is 9.49. The summed E-state index contributed by atoms with van der Waals surface area (Å²) in [6.07, 6.45) is 0. The van der Waals surface area contributed by atoms with E-state index in [-0.39, 0.29) is 18.0 Å². The molecule has 0 bridgehead atoms. The molecule has 0 aliphatic carbocycles. The molecule has 7 nitrogen and oxygen atoms in total. The number of esters is 1. The molecular formula is C23H29N3O4S2. The molecule has 2 aromatic rings. The summed E-state index contributed by atoms with van der Waals surface area (Å²) >= 11 is 5.91. The van der Waals surface area contributed by atoms with Crippen LogP contribution in [0.3, 0.4) is 0 Å². The molecule has 172 valence electrons. The van der Waals surface area contributed by atoms with Gasteiger partial charge in [0.15, 0.2) is 5.11 Å². The second-order valence-corrected chi connectivity index (χ2v) is 8.98. The second kappa shape index (κ2) is 11.8. The fourth-order valence-corrected chi connectivity index (χ4v) is 3.18. The molecule has 9 heteroatoms. The van der Waals surface area contributed by atoms with Gasteiger partial charge in [-0.15, -0.1) is 0 Å². The zero-order valence-electron chi connectivity index (χ0n) is 18.7. The van der Waals surface area contributed by atoms with Crippen LogP contribution in [0.5, 0.6) is 0 Å². The Morgan fingerprint density at radius 3 is 2.28 bits per heavy atom. The Morgan fingerprint density at radius 1 is 1.03 bits per heavy atom. The van der Waals surface area contributed by atoms with Gasteiger partial charge in [-0.3, -0.25) is 4.79 Å². The second-order valence-electron chi connectivity index (χ2n) is 8.21. The summed E-state index contributed by atoms with van der Waals surface area (Å²) in [6, 6.07) is 13.2. The maximum atomic E-state index is 11.6. The molecule has 0 radical (unpaired) electrons. The molecule has 0 atom stereocenters. The van der Waals surface area contributed by atoms with E-state index in [0.717, 1.165) is 16.7 Å². The van der Waals surface area contributed by atoms with Crippen LogP contribution in [0.1, 0.15) is 60.3 Å². The van der Waals surface area contributed by atoms with E-state index in [2.05, 4.69) is 47.7 Å². The molecule has 4 N–H and O–H groups in total. The number of ether oxygens (including phenoxy) is 1. The van der Waals surface area contributed by atoms with Crippen LogP contribution in [0.4, 0.5) is 0 Å². The Bertz CT molecular complexity index is 957. The van der Waals surface area contributed by atoms with E-state index >= 15 is 0 Å². The van der Waals surface area contributed by atoms with Crippen molar-refractivity contribution in [2.75, 3.05) is 0 Å². The molecule has 0 aliphatic heterocycles. The highest BCUT2D eigenvalue weighted by atomic mass is 32.2. The van der Waals surface area contributed by atoms with E-state index in [9.17, 15) is 9.59 Å². The van der Waals surface area contributed by atoms with Crippen molar-refractivity contribution in [3.8, 4) is 0 Å². The van der Waals surface area contributed by atoms with Crippen LogP contribution >= 0.6 is 24.4 Å². The van der Waals surface area contributed by atoms with Crippen LogP contribution in [0.25, 0.3) is 0 Å². The summed E-state index contributed by atoms with van der Waals surface area (Å²) in [5, 5.41) is 12.0. The van der Waals surface area contributed by atoms with Crippen molar-refractivity contribution in [1.82, 2.24) is 10.6 Å². The van der Waals surface area contributed by atoms with Crippen LogP contribution in [0, 0.1) is 0 Å². The van der Waals surface area contributed by atoms with Gasteiger partial charge >= 0.3 is 11.9 Å². The summed E-state index contributed by atoms with van der Waals surface area (Å²) < 4.78 is 9.92. The molecule has 2 rings (SSSR count). The monoisotopic (exact) mass is 475 g/mol. The van der Waals surface area contributed by atoms with Gasteiger partial charge in [0.2, 0.25) is 0 Å². The fourth-order valence-electron chi connectivity index (χ4n) is 2.85. The number of nitrogens with one attached hydrogen (secondary N) is 2. The Labute approximate surface area is 198 Å². The normalized spacial score (nSPS) is 10.9. The van der Waals surface area contributed by atoms with Gasteiger partial charge in [0.25, 0.3) is 0 Å². The van der Waals surface area contributed by atoms with E-state index in [1.165, 1.54) is 12.5 Å². The van der Waals surface area contributed by atoms with Gasteiger partial charge in [-0.1, -0.05) is 51.1 Å². The minimum absolute atomic E-state index is 0.0107. The van der Waals surface area contributed by atoms with E-state index in [4.69, 9.17) is 22.1 Å². The standard InChI is InChI=1S/C23H29N3O4S2/c1-15(27)29-14-19-11-20(23(2,3)4)10-9-18(19)13-26-22(31)25-12-16-5-7-17(8-6-16)21(28)30-32-24/h5-11H,12-14,24H2,1-4H3,(H2,25,26,31). The van der Waals surface area contributed by atoms with E-state index in [1.54, 1.807) is 12.1 Å². The molecule has 0 saturated heterocycles. The lowest BCUT2D eigenvalue weighted by molar-refractivity contribution is -0.142. The topological polar surface area (TPSA) is 103 Å². The third-order valence-corrected chi connectivity index (χ3v) is 5.25. The van der Waals surface area contributed by atoms with Gasteiger partial charge in [-0.25, -0.2) is 9.93 Å². The quantitative estimate of drug-likeness (QED) is 0.227. The summed E-state index contributed by atoms with van der Waals surface area (Å²) in [5.74, 6) is -0.806. The lowest BCUT2D eigenvalue weighted by Gasteiger charge is -2.22.